The van der Waals surface area contributed by atoms with Crippen molar-refractivity contribution in [2.75, 3.05) is 185 Å². The van der Waals surface area contributed by atoms with E-state index in [9.17, 15) is 38.4 Å². The minimum Gasteiger partial charge on any atom is -0.488 e. The van der Waals surface area contributed by atoms with Crippen LogP contribution in [0.1, 0.15) is 179 Å². The summed E-state index contributed by atoms with van der Waals surface area (Å²) in [5.74, 6) is 1.64. The number of imide groups is 2. The number of hydrogen-bond acceptors (Lipinski definition) is 26. The number of ether oxygens (including phenoxy) is 2. The van der Waals surface area contributed by atoms with Gasteiger partial charge in [0.25, 0.3) is 23.6 Å². The molecule has 28 nitrogen and oxygen atoms in total. The first kappa shape index (κ1) is 82.3. The molecule has 4 amide bonds. The number of ketones is 4. The Hall–Kier alpha value is -9.65. The molecule has 2 unspecified atom stereocenters. The van der Waals surface area contributed by atoms with Gasteiger partial charge in [-0.25, -0.2) is 19.9 Å². The molecular weight excluding hydrogens is 1550 g/mol. The van der Waals surface area contributed by atoms with E-state index in [1.165, 1.54) is 82.4 Å². The van der Waals surface area contributed by atoms with Crippen LogP contribution in [-0.2, 0) is 32.3 Å². The summed E-state index contributed by atoms with van der Waals surface area (Å²) < 4.78 is 12.3. The zero-order valence-electron chi connectivity index (χ0n) is 69.8. The molecule has 0 radical (unpaired) electrons. The van der Waals surface area contributed by atoms with E-state index in [0.29, 0.717) is 46.4 Å². The maximum absolute atomic E-state index is 13.4. The largest absolute Gasteiger partial charge is 0.488 e. The summed E-state index contributed by atoms with van der Waals surface area (Å²) in [6.45, 7) is 33.1. The molecule has 0 spiro atoms. The zero-order chi connectivity index (χ0) is 83.0. The molecule has 6 saturated heterocycles. The van der Waals surface area contributed by atoms with Crippen LogP contribution in [-0.4, -0.2) is 311 Å². The van der Waals surface area contributed by atoms with E-state index in [1.54, 1.807) is 24.5 Å². The van der Waals surface area contributed by atoms with Crippen molar-refractivity contribution in [2.45, 2.75) is 140 Å². The van der Waals surface area contributed by atoms with Gasteiger partial charge in [0.05, 0.1) is 83.1 Å². The Morgan fingerprint density at radius 2 is 0.810 bits per heavy atom. The van der Waals surface area contributed by atoms with Crippen LogP contribution < -0.4 is 29.5 Å². The number of aliphatic imine (C=N–C) groups is 2. The molecular formula is C92H111ClN18O10. The Bertz CT molecular complexity index is 5030. The number of nitrogens with zero attached hydrogens (tertiary/aromatic N) is 17. The maximum atomic E-state index is 13.4. The van der Waals surface area contributed by atoms with E-state index in [2.05, 4.69) is 125 Å². The number of amides is 4. The van der Waals surface area contributed by atoms with E-state index in [1.807, 2.05) is 30.3 Å². The predicted molar refractivity (Wildman–Crippen MR) is 460 cm³/mol. The summed E-state index contributed by atoms with van der Waals surface area (Å²) in [5, 5.41) is 3.85. The molecule has 10 aliphatic heterocycles. The van der Waals surface area contributed by atoms with Crippen LogP contribution in [0.2, 0.25) is 5.15 Å². The lowest BCUT2D eigenvalue weighted by molar-refractivity contribution is -0.134. The van der Waals surface area contributed by atoms with Gasteiger partial charge in [0.1, 0.15) is 57.9 Å². The maximum Gasteiger partial charge on any atom is 0.262 e. The second-order valence-electron chi connectivity index (χ2n) is 36.0. The molecule has 4 saturated carbocycles. The second-order valence-corrected chi connectivity index (χ2v) is 36.4. The average molecular weight is 1660 g/mol. The quantitative estimate of drug-likeness (QED) is 0.0408. The third-order valence-electron chi connectivity index (χ3n) is 27.5. The minimum absolute atomic E-state index is 0.0162. The number of hydrogen-bond donors (Lipinski definition) is 1. The van der Waals surface area contributed by atoms with Crippen molar-refractivity contribution in [1.82, 2.24) is 64.5 Å². The highest BCUT2D eigenvalue weighted by molar-refractivity contribution is 6.30. The number of anilines is 3. The Morgan fingerprint density at radius 3 is 1.25 bits per heavy atom. The highest BCUT2D eigenvalue weighted by Gasteiger charge is 2.48. The van der Waals surface area contributed by atoms with Crippen LogP contribution in [0, 0.1) is 11.8 Å². The fourth-order valence-electron chi connectivity index (χ4n) is 19.4. The Morgan fingerprint density at radius 1 is 0.405 bits per heavy atom. The van der Waals surface area contributed by atoms with E-state index >= 15 is 0 Å². The van der Waals surface area contributed by atoms with E-state index < -0.39 is 35.7 Å². The van der Waals surface area contributed by atoms with Crippen molar-refractivity contribution >= 4 is 87.0 Å². The van der Waals surface area contributed by atoms with E-state index in [-0.39, 0.29) is 72.9 Å². The van der Waals surface area contributed by atoms with Gasteiger partial charge in [-0.1, -0.05) is 23.7 Å². The first-order valence-corrected chi connectivity index (χ1v) is 44.6. The number of piperidine rings is 2. The number of nitrogens with one attached hydrogen (secondary N) is 1. The second kappa shape index (κ2) is 35.7. The number of carbonyl (C=O) groups is 8. The van der Waals surface area contributed by atoms with Crippen molar-refractivity contribution in [2.24, 2.45) is 21.8 Å². The first-order valence-electron chi connectivity index (χ1n) is 44.2. The number of likely N-dealkylation sites (tertiary alicyclic amines) is 2. The van der Waals surface area contributed by atoms with Crippen LogP contribution >= 0.6 is 11.6 Å². The van der Waals surface area contributed by atoms with Gasteiger partial charge in [0.2, 0.25) is 0 Å². The number of aromatic nitrogens is 4. The van der Waals surface area contributed by atoms with Crippen molar-refractivity contribution in [3.05, 3.63) is 159 Å². The first-order chi connectivity index (χ1) is 58.7. The fraction of sp³-hybridized carbons (Fsp3) is 0.543. The number of piperazine rings is 4. The molecule has 10 fully saturated rings. The van der Waals surface area contributed by atoms with Gasteiger partial charge in [-0.3, -0.25) is 77.7 Å². The van der Waals surface area contributed by atoms with Crippen LogP contribution in [0.15, 0.2) is 108 Å². The van der Waals surface area contributed by atoms with Gasteiger partial charge in [-0.05, 0) is 188 Å². The van der Waals surface area contributed by atoms with Crippen LogP contribution in [0.3, 0.4) is 0 Å². The molecule has 6 aromatic rings. The van der Waals surface area contributed by atoms with Gasteiger partial charge < -0.3 is 39.3 Å². The summed E-state index contributed by atoms with van der Waals surface area (Å²) in [6.07, 6.45) is 13.1. The highest BCUT2D eigenvalue weighted by Crippen LogP contribution is 2.43. The van der Waals surface area contributed by atoms with Gasteiger partial charge in [-0.2, -0.15) is 0 Å². The third-order valence-corrected chi connectivity index (χ3v) is 27.7. The molecule has 4 aromatic carbocycles. The Labute approximate surface area is 712 Å². The summed E-state index contributed by atoms with van der Waals surface area (Å²) in [6, 6.07) is 25.6. The molecule has 121 heavy (non-hydrogen) atoms. The monoisotopic (exact) mass is 1660 g/mol. The predicted octanol–water partition coefficient (Wildman–Crippen LogP) is 7.83. The molecule has 0 bridgehead atoms. The van der Waals surface area contributed by atoms with Crippen LogP contribution in [0.4, 0.5) is 17.2 Å². The third kappa shape index (κ3) is 18.8. The summed E-state index contributed by atoms with van der Waals surface area (Å²) in [4.78, 5) is 153. The molecule has 20 rings (SSSR count). The van der Waals surface area contributed by atoms with Crippen LogP contribution in [0.25, 0.3) is 0 Å². The molecule has 14 aliphatic rings. The SMILES string of the molecule is CC1(Oc2ccc3c(c2)C(c2cc(Cl)ncn2)=NC3)CC1.CC1(Oc2ccc3c(c2)C(c2cc(N4CCN(CCN5CCC(CN6CCN(c7ccc8c(c7)C(=O)N(C7CCC(=O)CC7=O)C8=O)CC6)CC5)CC4)ncn2)=NC3)CC1.O=C1CCC(N2C(=O)c3ccc(N4CCN(CC5CCN(CCN6CCNCC6)CC5)CC4)cc3C2=O)C(=O)C1. The molecule has 2 atom stereocenters. The summed E-state index contributed by atoms with van der Waals surface area (Å²) in [7, 11) is 0. The number of halogens is 1. The lowest BCUT2D eigenvalue weighted by Crippen LogP contribution is -2.50. The lowest BCUT2D eigenvalue weighted by Gasteiger charge is -2.40. The Kier molecular flexibility index (Phi) is 24.3. The van der Waals surface area contributed by atoms with Gasteiger partial charge in [-0.15, -0.1) is 0 Å². The molecule has 1 N–H and O–H groups in total. The van der Waals surface area contributed by atoms with Crippen molar-refractivity contribution in [3.63, 3.8) is 0 Å². The number of Topliss-reactive ketones (excluding diaryl/α,β-unsaturated/α-hetero) is 4. The van der Waals surface area contributed by atoms with Crippen molar-refractivity contribution in [1.29, 1.82) is 0 Å². The summed E-state index contributed by atoms with van der Waals surface area (Å²) >= 11 is 5.95. The molecule has 12 heterocycles. The molecule has 636 valence electrons. The topological polar surface area (TPSA) is 279 Å². The van der Waals surface area contributed by atoms with Crippen molar-refractivity contribution < 1.29 is 47.8 Å². The van der Waals surface area contributed by atoms with Gasteiger partial charge in [0, 0.05) is 191 Å². The van der Waals surface area contributed by atoms with Crippen molar-refractivity contribution in [3.8, 4) is 11.5 Å². The normalized spacial score (nSPS) is 23.6. The standard InChI is InChI=1S/C46H55N9O5.C30H42N6O4.C16H14ClN3O/c1-46(10-11-46)60-35-5-2-32-28-47-43(37(32)26-35)39-27-42(49-30-48-39)54-22-16-51(17-23-54)15-14-50-12-8-31(9-13-50)29-52-18-20-53(21-19-52)33-3-6-36-38(24-33)45(59)55(44(36)58)40-7-4-34(56)25-41(40)57;37-24-2-4-27(28(38)20-24)36-29(39)25-3-1-23(19-26(25)30(36)40)35-17-15-34(16-18-35)21-22-5-9-32(10-6-22)13-14-33-11-7-31-8-12-33;1-16(4-5-16)21-11-3-2-10-8-18-15(12(10)6-11)13-7-14(17)20-9-19-13/h2-3,5-6,24,26-27,30-31,40H,4,7-23,25,28-29H2,1H3;1,3,19,22,27,31H,2,4-18,20-21H2;2-3,6-7,9H,4-5,8H2,1H3. The van der Waals surface area contributed by atoms with Gasteiger partial charge >= 0.3 is 0 Å². The molecule has 2 aromatic heterocycles. The lowest BCUT2D eigenvalue weighted by atomic mass is 9.92. The number of fused-ring (bicyclic) bond motifs is 4. The van der Waals surface area contributed by atoms with Crippen LogP contribution in [0.5, 0.6) is 11.5 Å². The fourth-order valence-corrected chi connectivity index (χ4v) is 19.6. The number of carbonyl (C=O) groups excluding carboxylic acids is 8. The average Bonchev–Trinajstić information content (AvgIpc) is 1.60. The summed E-state index contributed by atoms with van der Waals surface area (Å²) in [5.41, 5.74) is 11.3. The minimum atomic E-state index is -0.842. The smallest absolute Gasteiger partial charge is 0.262 e. The number of rotatable bonds is 21. The highest BCUT2D eigenvalue weighted by atomic mass is 35.5. The molecule has 29 heteroatoms. The van der Waals surface area contributed by atoms with Gasteiger partial charge in [0.15, 0.2) is 11.6 Å². The van der Waals surface area contributed by atoms with E-state index in [4.69, 9.17) is 26.1 Å². The zero-order valence-corrected chi connectivity index (χ0v) is 70.6. The van der Waals surface area contributed by atoms with E-state index in [0.717, 1.165) is 235 Å². The molecule has 4 aliphatic carbocycles. The Balaban J connectivity index is 0.000000140. The number of benzene rings is 4.